The Morgan fingerprint density at radius 2 is 1.96 bits per heavy atom. The lowest BCUT2D eigenvalue weighted by Gasteiger charge is -2.29. The highest BCUT2D eigenvalue weighted by Crippen LogP contribution is 2.39. The average molecular weight is 337 g/mol. The highest BCUT2D eigenvalue weighted by molar-refractivity contribution is 7.99. The molecule has 3 heterocycles. The summed E-state index contributed by atoms with van der Waals surface area (Å²) in [5.74, 6) is 3.10. The number of carbonyl (C=O) groups excluding carboxylic acids is 1. The van der Waals surface area contributed by atoms with Crippen molar-refractivity contribution >= 4 is 17.7 Å². The number of nitrogens with zero attached hydrogens (tertiary/aromatic N) is 3. The maximum absolute atomic E-state index is 12.3. The van der Waals surface area contributed by atoms with Gasteiger partial charge in [-0.15, -0.1) is 0 Å². The second kappa shape index (κ2) is 6.85. The normalized spacial score (nSPS) is 26.3. The second-order valence-electron chi connectivity index (χ2n) is 6.92. The first-order chi connectivity index (χ1) is 11.0. The Labute approximate surface area is 143 Å². The fraction of sp³-hybridized carbons (Fsp3) is 0.765. The molecule has 1 amide bonds. The zero-order valence-electron chi connectivity index (χ0n) is 14.6. The van der Waals surface area contributed by atoms with Gasteiger partial charge >= 0.3 is 0 Å². The van der Waals surface area contributed by atoms with Crippen LogP contribution in [-0.2, 0) is 11.8 Å². The van der Waals surface area contributed by atoms with Gasteiger partial charge in [-0.25, -0.2) is 0 Å². The Kier molecular flexibility index (Phi) is 5.01. The van der Waals surface area contributed by atoms with Gasteiger partial charge in [-0.1, -0.05) is 0 Å². The molecule has 0 spiro atoms. The molecule has 2 aliphatic heterocycles. The number of likely N-dealkylation sites (tertiary alicyclic amines) is 1. The molecule has 2 saturated heterocycles. The predicted molar refractivity (Wildman–Crippen MR) is 94.6 cm³/mol. The summed E-state index contributed by atoms with van der Waals surface area (Å²) in [5, 5.41) is 8.29. The van der Waals surface area contributed by atoms with Crippen LogP contribution >= 0.6 is 11.8 Å². The molecule has 5 nitrogen and oxygen atoms in total. The van der Waals surface area contributed by atoms with Gasteiger partial charge in [0.05, 0.1) is 11.7 Å². The van der Waals surface area contributed by atoms with Crippen LogP contribution in [0.1, 0.15) is 42.3 Å². The summed E-state index contributed by atoms with van der Waals surface area (Å²) in [6.07, 6.45) is 3.14. The van der Waals surface area contributed by atoms with Crippen molar-refractivity contribution in [2.24, 2.45) is 13.0 Å². The molecule has 0 radical (unpaired) electrons. The van der Waals surface area contributed by atoms with E-state index in [1.165, 1.54) is 35.6 Å². The third-order valence-electron chi connectivity index (χ3n) is 5.44. The van der Waals surface area contributed by atoms with E-state index in [1.807, 2.05) is 35.4 Å². The molecule has 2 aliphatic rings. The molecule has 2 fully saturated rings. The second-order valence-corrected chi connectivity index (χ2v) is 8.14. The molecule has 23 heavy (non-hydrogen) atoms. The molecule has 3 rings (SSSR count). The van der Waals surface area contributed by atoms with Gasteiger partial charge < -0.3 is 10.2 Å². The number of aromatic nitrogens is 2. The molecular weight excluding hydrogens is 308 g/mol. The minimum atomic E-state index is 0.154. The number of hydrogen-bond acceptors (Lipinski definition) is 4. The number of hydrogen-bond donors (Lipinski definition) is 1. The molecule has 0 aliphatic carbocycles. The van der Waals surface area contributed by atoms with Crippen LogP contribution in [0.5, 0.6) is 0 Å². The molecular formula is C17H28N4OS. The lowest BCUT2D eigenvalue weighted by molar-refractivity contribution is -0.127. The van der Waals surface area contributed by atoms with Crippen molar-refractivity contribution in [3.63, 3.8) is 0 Å². The topological polar surface area (TPSA) is 50.2 Å². The monoisotopic (exact) mass is 336 g/mol. The highest BCUT2D eigenvalue weighted by Gasteiger charge is 2.40. The third kappa shape index (κ3) is 3.29. The minimum Gasteiger partial charge on any atom is -0.338 e. The van der Waals surface area contributed by atoms with E-state index in [2.05, 4.69) is 24.3 Å². The van der Waals surface area contributed by atoms with E-state index in [4.69, 9.17) is 0 Å². The standard InChI is InChI=1S/C17H28N4OS/c1-11-16(12(2)21(4)19-11)17-13(9-15(22)20(17)3)10-18-14-5-7-23-8-6-14/h13-14,17-18H,5-10H2,1-4H3/t13-,17+/m0/s1. The molecule has 0 bridgehead atoms. The number of aryl methyl sites for hydroxylation is 2. The summed E-state index contributed by atoms with van der Waals surface area (Å²) in [5.41, 5.74) is 3.47. The minimum absolute atomic E-state index is 0.154. The van der Waals surface area contributed by atoms with Gasteiger partial charge in [0.1, 0.15) is 0 Å². The fourth-order valence-electron chi connectivity index (χ4n) is 4.00. The van der Waals surface area contributed by atoms with Crippen LogP contribution in [0.4, 0.5) is 0 Å². The van der Waals surface area contributed by atoms with E-state index in [1.54, 1.807) is 0 Å². The summed E-state index contributed by atoms with van der Waals surface area (Å²) in [6.45, 7) is 5.08. The van der Waals surface area contributed by atoms with Crippen molar-refractivity contribution in [2.45, 2.75) is 45.2 Å². The number of nitrogens with one attached hydrogen (secondary N) is 1. The summed E-state index contributed by atoms with van der Waals surface area (Å²) >= 11 is 2.05. The van der Waals surface area contributed by atoms with Crippen molar-refractivity contribution in [1.82, 2.24) is 20.0 Å². The van der Waals surface area contributed by atoms with Crippen LogP contribution in [0, 0.1) is 19.8 Å². The van der Waals surface area contributed by atoms with Crippen molar-refractivity contribution in [3.05, 3.63) is 17.0 Å². The first-order valence-corrected chi connectivity index (χ1v) is 9.71. The number of rotatable bonds is 4. The van der Waals surface area contributed by atoms with Gasteiger partial charge in [-0.3, -0.25) is 9.48 Å². The average Bonchev–Trinajstić information content (AvgIpc) is 2.95. The molecule has 128 valence electrons. The summed E-state index contributed by atoms with van der Waals surface area (Å²) in [7, 11) is 3.92. The first-order valence-electron chi connectivity index (χ1n) is 8.56. The Morgan fingerprint density at radius 1 is 1.26 bits per heavy atom. The number of thioether (sulfide) groups is 1. The largest absolute Gasteiger partial charge is 0.338 e. The highest BCUT2D eigenvalue weighted by atomic mass is 32.2. The first kappa shape index (κ1) is 16.8. The smallest absolute Gasteiger partial charge is 0.223 e. The van der Waals surface area contributed by atoms with Crippen LogP contribution in [0.2, 0.25) is 0 Å². The number of amides is 1. The maximum Gasteiger partial charge on any atom is 0.223 e. The van der Waals surface area contributed by atoms with Crippen molar-refractivity contribution in [3.8, 4) is 0 Å². The molecule has 1 aromatic heterocycles. The predicted octanol–water partition coefficient (Wildman–Crippen LogP) is 2.04. The quantitative estimate of drug-likeness (QED) is 0.914. The van der Waals surface area contributed by atoms with Crippen molar-refractivity contribution < 1.29 is 4.79 Å². The zero-order chi connectivity index (χ0) is 16.6. The van der Waals surface area contributed by atoms with Crippen LogP contribution in [0.3, 0.4) is 0 Å². The van der Waals surface area contributed by atoms with Gasteiger partial charge in [0, 0.05) is 50.3 Å². The van der Waals surface area contributed by atoms with Gasteiger partial charge in [-0.05, 0) is 38.2 Å². The van der Waals surface area contributed by atoms with Crippen LogP contribution in [-0.4, -0.2) is 51.7 Å². The Morgan fingerprint density at radius 3 is 2.57 bits per heavy atom. The third-order valence-corrected chi connectivity index (χ3v) is 6.49. The maximum atomic E-state index is 12.3. The van der Waals surface area contributed by atoms with E-state index in [0.717, 1.165) is 12.2 Å². The molecule has 1 N–H and O–H groups in total. The van der Waals surface area contributed by atoms with Gasteiger partial charge in [0.15, 0.2) is 0 Å². The molecule has 0 aromatic carbocycles. The Bertz CT molecular complexity index is 579. The molecule has 0 saturated carbocycles. The van der Waals surface area contributed by atoms with Crippen molar-refractivity contribution in [2.75, 3.05) is 25.1 Å². The van der Waals surface area contributed by atoms with E-state index in [0.29, 0.717) is 18.4 Å². The molecule has 2 atom stereocenters. The van der Waals surface area contributed by atoms with Gasteiger partial charge in [0.2, 0.25) is 5.91 Å². The van der Waals surface area contributed by atoms with E-state index >= 15 is 0 Å². The van der Waals surface area contributed by atoms with Gasteiger partial charge in [-0.2, -0.15) is 16.9 Å². The zero-order valence-corrected chi connectivity index (χ0v) is 15.4. The van der Waals surface area contributed by atoms with Crippen molar-refractivity contribution in [1.29, 1.82) is 0 Å². The Hall–Kier alpha value is -1.01. The fourth-order valence-corrected chi connectivity index (χ4v) is 5.11. The van der Waals surface area contributed by atoms with Gasteiger partial charge in [0.25, 0.3) is 0 Å². The van der Waals surface area contributed by atoms with E-state index in [-0.39, 0.29) is 11.9 Å². The summed E-state index contributed by atoms with van der Waals surface area (Å²) in [4.78, 5) is 14.2. The van der Waals surface area contributed by atoms with Crippen LogP contribution < -0.4 is 5.32 Å². The number of carbonyl (C=O) groups is 1. The molecule has 6 heteroatoms. The van der Waals surface area contributed by atoms with Crippen LogP contribution in [0.15, 0.2) is 0 Å². The Balaban J connectivity index is 1.76. The lowest BCUT2D eigenvalue weighted by Crippen LogP contribution is -2.37. The lowest BCUT2D eigenvalue weighted by atomic mass is 9.92. The van der Waals surface area contributed by atoms with E-state index < -0.39 is 0 Å². The van der Waals surface area contributed by atoms with E-state index in [9.17, 15) is 4.79 Å². The summed E-state index contributed by atoms with van der Waals surface area (Å²) < 4.78 is 1.93. The summed E-state index contributed by atoms with van der Waals surface area (Å²) in [6, 6.07) is 0.774. The molecule has 0 unspecified atom stereocenters. The molecule has 1 aromatic rings. The SMILES string of the molecule is Cc1nn(C)c(C)c1[C@H]1[C@H](CNC2CCSCC2)CC(=O)N1C. The van der Waals surface area contributed by atoms with Crippen LogP contribution in [0.25, 0.3) is 0 Å².